The Bertz CT molecular complexity index is 833. The quantitative estimate of drug-likeness (QED) is 0.684. The van der Waals surface area contributed by atoms with Crippen molar-refractivity contribution in [2.24, 2.45) is 0 Å². The third-order valence-electron chi connectivity index (χ3n) is 3.36. The molecule has 0 spiro atoms. The number of hydrogen-bond donors (Lipinski definition) is 1. The van der Waals surface area contributed by atoms with Gasteiger partial charge in [0.25, 0.3) is 5.91 Å². The highest BCUT2D eigenvalue weighted by Gasteiger charge is 2.11. The minimum absolute atomic E-state index is 0.142. The average Bonchev–Trinajstić information content (AvgIpc) is 3.11. The Hall–Kier alpha value is -2.86. The van der Waals surface area contributed by atoms with Crippen LogP contribution in [-0.4, -0.2) is 17.5 Å². The predicted molar refractivity (Wildman–Crippen MR) is 98.5 cm³/mol. The van der Waals surface area contributed by atoms with E-state index in [-0.39, 0.29) is 5.91 Å². The lowest BCUT2D eigenvalue weighted by Crippen LogP contribution is -2.10. The van der Waals surface area contributed by atoms with Crippen LogP contribution in [0.15, 0.2) is 60.2 Å². The van der Waals surface area contributed by atoms with Gasteiger partial charge in [-0.1, -0.05) is 12.1 Å². The van der Waals surface area contributed by atoms with Gasteiger partial charge in [0, 0.05) is 23.6 Å². The molecule has 1 N–H and O–H groups in total. The van der Waals surface area contributed by atoms with Crippen LogP contribution >= 0.6 is 11.3 Å². The van der Waals surface area contributed by atoms with E-state index in [1.807, 2.05) is 42.6 Å². The van der Waals surface area contributed by atoms with Gasteiger partial charge in [0.15, 0.2) is 11.5 Å². The van der Waals surface area contributed by atoms with E-state index in [1.54, 1.807) is 24.5 Å². The molecule has 3 rings (SSSR count). The van der Waals surface area contributed by atoms with Gasteiger partial charge in [-0.2, -0.15) is 0 Å². The first-order valence-electron chi connectivity index (χ1n) is 7.89. The fraction of sp³-hybridized carbons (Fsp3) is 0.158. The second kappa shape index (κ2) is 8.30. The summed E-state index contributed by atoms with van der Waals surface area (Å²) in [5.74, 6) is 1.27. The maximum atomic E-state index is 12.3. The highest BCUT2D eigenvalue weighted by molar-refractivity contribution is 7.12. The molecule has 1 aromatic carbocycles. The van der Waals surface area contributed by atoms with E-state index in [4.69, 9.17) is 9.47 Å². The molecule has 0 unspecified atom stereocenters. The Morgan fingerprint density at radius 2 is 1.84 bits per heavy atom. The van der Waals surface area contributed by atoms with E-state index in [0.717, 1.165) is 17.0 Å². The summed E-state index contributed by atoms with van der Waals surface area (Å²) in [5, 5.41) is 4.76. The Labute approximate surface area is 150 Å². The number of hydrogen-bond acceptors (Lipinski definition) is 5. The van der Waals surface area contributed by atoms with Gasteiger partial charge in [0.1, 0.15) is 6.61 Å². The summed E-state index contributed by atoms with van der Waals surface area (Å²) in [6.45, 7) is 2.89. The van der Waals surface area contributed by atoms with Gasteiger partial charge in [0.05, 0.1) is 11.5 Å². The lowest BCUT2D eigenvalue weighted by Gasteiger charge is -2.10. The smallest absolute Gasteiger partial charge is 0.265 e. The molecule has 1 amide bonds. The largest absolute Gasteiger partial charge is 0.490 e. The Kier molecular flexibility index (Phi) is 5.64. The van der Waals surface area contributed by atoms with Gasteiger partial charge in [-0.15, -0.1) is 11.3 Å². The molecule has 5 nitrogen and oxygen atoms in total. The number of benzene rings is 1. The summed E-state index contributed by atoms with van der Waals surface area (Å²) in [6, 6.07) is 12.9. The molecule has 6 heteroatoms. The van der Waals surface area contributed by atoms with Crippen molar-refractivity contribution in [1.29, 1.82) is 0 Å². The van der Waals surface area contributed by atoms with Crippen LogP contribution in [-0.2, 0) is 6.61 Å². The van der Waals surface area contributed by atoms with Gasteiger partial charge in [0.2, 0.25) is 0 Å². The number of rotatable bonds is 7. The summed E-state index contributed by atoms with van der Waals surface area (Å²) in [5.41, 5.74) is 1.66. The molecule has 0 aliphatic heterocycles. The maximum absolute atomic E-state index is 12.3. The van der Waals surface area contributed by atoms with Gasteiger partial charge < -0.3 is 14.8 Å². The van der Waals surface area contributed by atoms with Crippen LogP contribution in [0.5, 0.6) is 11.5 Å². The zero-order valence-corrected chi connectivity index (χ0v) is 14.6. The van der Waals surface area contributed by atoms with Crippen LogP contribution in [0, 0.1) is 0 Å². The minimum Gasteiger partial charge on any atom is -0.490 e. The molecular weight excluding hydrogens is 336 g/mol. The van der Waals surface area contributed by atoms with Gasteiger partial charge in [-0.25, -0.2) is 0 Å². The number of pyridine rings is 1. The minimum atomic E-state index is -0.142. The van der Waals surface area contributed by atoms with Crippen LogP contribution in [0.1, 0.15) is 22.2 Å². The number of nitrogens with zero attached hydrogens (tertiary/aromatic N) is 1. The van der Waals surface area contributed by atoms with Crippen molar-refractivity contribution >= 4 is 22.9 Å². The Morgan fingerprint density at radius 1 is 1.12 bits per heavy atom. The summed E-state index contributed by atoms with van der Waals surface area (Å²) in [6.07, 6.45) is 3.28. The zero-order chi connectivity index (χ0) is 17.5. The number of thiophene rings is 1. The number of ether oxygens (including phenoxy) is 2. The first-order valence-corrected chi connectivity index (χ1v) is 8.77. The molecule has 128 valence electrons. The third kappa shape index (κ3) is 4.58. The summed E-state index contributed by atoms with van der Waals surface area (Å²) in [4.78, 5) is 16.8. The summed E-state index contributed by atoms with van der Waals surface area (Å²) >= 11 is 1.39. The molecule has 0 bridgehead atoms. The van der Waals surface area contributed by atoms with Crippen LogP contribution in [0.4, 0.5) is 5.69 Å². The molecule has 2 aromatic heterocycles. The second-order valence-electron chi connectivity index (χ2n) is 5.18. The number of nitrogens with one attached hydrogen (secondary N) is 1. The fourth-order valence-electron chi connectivity index (χ4n) is 2.20. The number of anilines is 1. The third-order valence-corrected chi connectivity index (χ3v) is 4.34. The van der Waals surface area contributed by atoms with Crippen molar-refractivity contribution in [3.05, 3.63) is 70.7 Å². The fourth-order valence-corrected chi connectivity index (χ4v) is 3.00. The Morgan fingerprint density at radius 3 is 2.56 bits per heavy atom. The van der Waals surface area contributed by atoms with Crippen molar-refractivity contribution in [2.45, 2.75) is 13.5 Å². The van der Waals surface area contributed by atoms with Crippen LogP contribution in [0.25, 0.3) is 0 Å². The zero-order valence-electron chi connectivity index (χ0n) is 13.8. The predicted octanol–water partition coefficient (Wildman–Crippen LogP) is 4.37. The summed E-state index contributed by atoms with van der Waals surface area (Å²) in [7, 11) is 0. The molecule has 0 atom stereocenters. The van der Waals surface area contributed by atoms with Crippen molar-refractivity contribution < 1.29 is 14.3 Å². The number of carbonyl (C=O) groups excluding carboxylic acids is 1. The van der Waals surface area contributed by atoms with E-state index in [9.17, 15) is 4.79 Å². The SMILES string of the molecule is CCOc1ccccc1OCc1csc(C(=O)Nc2ccncc2)c1. The number of carbonyl (C=O) groups is 1. The number of aromatic nitrogens is 1. The van der Waals surface area contributed by atoms with E-state index >= 15 is 0 Å². The molecule has 0 saturated heterocycles. The topological polar surface area (TPSA) is 60.5 Å². The summed E-state index contributed by atoms with van der Waals surface area (Å²) < 4.78 is 11.4. The second-order valence-corrected chi connectivity index (χ2v) is 6.09. The maximum Gasteiger partial charge on any atom is 0.265 e. The first-order chi connectivity index (χ1) is 12.3. The van der Waals surface area contributed by atoms with Crippen LogP contribution in [0.3, 0.4) is 0 Å². The van der Waals surface area contributed by atoms with Crippen LogP contribution < -0.4 is 14.8 Å². The molecule has 3 aromatic rings. The lowest BCUT2D eigenvalue weighted by molar-refractivity contribution is 0.103. The number of amides is 1. The number of para-hydroxylation sites is 2. The monoisotopic (exact) mass is 354 g/mol. The molecule has 0 aliphatic carbocycles. The van der Waals surface area contributed by atoms with Crippen LogP contribution in [0.2, 0.25) is 0 Å². The van der Waals surface area contributed by atoms with Crippen molar-refractivity contribution in [1.82, 2.24) is 4.98 Å². The molecule has 0 radical (unpaired) electrons. The molecular formula is C19H18N2O3S. The van der Waals surface area contributed by atoms with Crippen molar-refractivity contribution in [2.75, 3.05) is 11.9 Å². The average molecular weight is 354 g/mol. The highest BCUT2D eigenvalue weighted by atomic mass is 32.1. The van der Waals surface area contributed by atoms with Gasteiger partial charge in [-0.3, -0.25) is 9.78 Å². The van der Waals surface area contributed by atoms with E-state index in [1.165, 1.54) is 11.3 Å². The van der Waals surface area contributed by atoms with E-state index < -0.39 is 0 Å². The van der Waals surface area contributed by atoms with Crippen molar-refractivity contribution in [3.63, 3.8) is 0 Å². The van der Waals surface area contributed by atoms with E-state index in [2.05, 4.69) is 10.3 Å². The Balaban J connectivity index is 1.61. The van der Waals surface area contributed by atoms with Gasteiger partial charge in [-0.05, 0) is 42.6 Å². The molecule has 0 aliphatic rings. The molecule has 0 saturated carbocycles. The van der Waals surface area contributed by atoms with E-state index in [0.29, 0.717) is 23.8 Å². The standard InChI is InChI=1S/C19H18N2O3S/c1-2-23-16-5-3-4-6-17(16)24-12-14-11-18(25-13-14)19(22)21-15-7-9-20-10-8-15/h3-11,13H,2,12H2,1H3,(H,20,21,22). The van der Waals surface area contributed by atoms with Gasteiger partial charge >= 0.3 is 0 Å². The normalized spacial score (nSPS) is 10.3. The lowest BCUT2D eigenvalue weighted by atomic mass is 10.3. The highest BCUT2D eigenvalue weighted by Crippen LogP contribution is 2.28. The molecule has 0 fully saturated rings. The molecule has 2 heterocycles. The molecule has 25 heavy (non-hydrogen) atoms. The first kappa shape index (κ1) is 17.0. The van der Waals surface area contributed by atoms with Crippen molar-refractivity contribution in [3.8, 4) is 11.5 Å².